The highest BCUT2D eigenvalue weighted by Crippen LogP contribution is 2.23. The number of ether oxygens (including phenoxy) is 2. The first kappa shape index (κ1) is 15.6. The Balaban J connectivity index is 2.57. The molecule has 0 amide bonds. The average Bonchev–Trinajstić information content (AvgIpc) is 2.37. The molecule has 0 aromatic heterocycles. The van der Waals surface area contributed by atoms with Crippen LogP contribution < -0.4 is 4.74 Å². The van der Waals surface area contributed by atoms with E-state index in [0.29, 0.717) is 31.1 Å². The van der Waals surface area contributed by atoms with E-state index < -0.39 is 5.82 Å². The third kappa shape index (κ3) is 4.99. The van der Waals surface area contributed by atoms with Crippen LogP contribution in [0.2, 0.25) is 0 Å². The molecule has 0 saturated carbocycles. The summed E-state index contributed by atoms with van der Waals surface area (Å²) in [6, 6.07) is 2.78. The fraction of sp³-hybridized carbons (Fsp3) is 0.533. The molecule has 0 spiro atoms. The summed E-state index contributed by atoms with van der Waals surface area (Å²) in [7, 11) is 0. The number of carbonyl (C=O) groups excluding carboxylic acids is 1. The van der Waals surface area contributed by atoms with Crippen molar-refractivity contribution in [2.75, 3.05) is 19.8 Å². The Bertz CT molecular complexity index is 430. The summed E-state index contributed by atoms with van der Waals surface area (Å²) in [6.07, 6.45) is 2.11. The molecule has 0 atom stereocenters. The van der Waals surface area contributed by atoms with Crippen molar-refractivity contribution in [1.82, 2.24) is 0 Å². The molecule has 0 aliphatic carbocycles. The highest BCUT2D eigenvalue weighted by molar-refractivity contribution is 5.96. The quantitative estimate of drug-likeness (QED) is 0.534. The van der Waals surface area contributed by atoms with Gasteiger partial charge in [-0.15, -0.1) is 0 Å². The van der Waals surface area contributed by atoms with E-state index in [-0.39, 0.29) is 11.3 Å². The molecule has 0 bridgehead atoms. The lowest BCUT2D eigenvalue weighted by atomic mass is 10.1. The molecule has 0 N–H and O–H groups in total. The second-order valence-corrected chi connectivity index (χ2v) is 4.47. The molecule has 3 nitrogen and oxygen atoms in total. The Hall–Kier alpha value is -1.42. The topological polar surface area (TPSA) is 35.5 Å². The molecule has 0 saturated heterocycles. The van der Waals surface area contributed by atoms with Gasteiger partial charge in [-0.3, -0.25) is 4.79 Å². The lowest BCUT2D eigenvalue weighted by Gasteiger charge is -2.11. The van der Waals surface area contributed by atoms with Crippen molar-refractivity contribution in [1.29, 1.82) is 0 Å². The first-order chi connectivity index (χ1) is 9.06. The number of ketones is 1. The lowest BCUT2D eigenvalue weighted by Crippen LogP contribution is -2.10. The molecular weight excluding hydrogens is 247 g/mol. The summed E-state index contributed by atoms with van der Waals surface area (Å²) >= 11 is 0. The standard InChI is InChI=1S/C15H21FO3/c1-4-5-6-18-7-8-19-15-9-11(2)14(16)10-13(15)12(3)17/h9-10H,4-8H2,1-3H3. The summed E-state index contributed by atoms with van der Waals surface area (Å²) in [5.41, 5.74) is 0.739. The van der Waals surface area contributed by atoms with Gasteiger partial charge in [-0.1, -0.05) is 13.3 Å². The minimum Gasteiger partial charge on any atom is -0.490 e. The number of aryl methyl sites for hydroxylation is 1. The highest BCUT2D eigenvalue weighted by Gasteiger charge is 2.12. The van der Waals surface area contributed by atoms with Crippen molar-refractivity contribution < 1.29 is 18.7 Å². The molecule has 0 radical (unpaired) electrons. The Morgan fingerprint density at radius 3 is 2.63 bits per heavy atom. The Kier molecular flexibility index (Phi) is 6.50. The third-order valence-corrected chi connectivity index (χ3v) is 2.77. The zero-order chi connectivity index (χ0) is 14.3. The van der Waals surface area contributed by atoms with Crippen molar-refractivity contribution in [3.05, 3.63) is 29.1 Å². The van der Waals surface area contributed by atoms with Gasteiger partial charge in [0.1, 0.15) is 18.2 Å². The SMILES string of the molecule is CCCCOCCOc1cc(C)c(F)cc1C(C)=O. The lowest BCUT2D eigenvalue weighted by molar-refractivity contribution is 0.0947. The molecule has 19 heavy (non-hydrogen) atoms. The van der Waals surface area contributed by atoms with Crippen molar-refractivity contribution in [2.45, 2.75) is 33.6 Å². The number of benzene rings is 1. The number of hydrogen-bond acceptors (Lipinski definition) is 3. The molecule has 1 aromatic carbocycles. The molecule has 106 valence electrons. The fourth-order valence-electron chi connectivity index (χ4n) is 1.61. The van der Waals surface area contributed by atoms with E-state index in [1.807, 2.05) is 0 Å². The summed E-state index contributed by atoms with van der Waals surface area (Å²) < 4.78 is 24.3. The molecule has 4 heteroatoms. The van der Waals surface area contributed by atoms with Crippen molar-refractivity contribution in [3.8, 4) is 5.75 Å². The monoisotopic (exact) mass is 268 g/mol. The van der Waals surface area contributed by atoms with Gasteiger partial charge in [0.2, 0.25) is 0 Å². The van der Waals surface area contributed by atoms with Gasteiger partial charge < -0.3 is 9.47 Å². The van der Waals surface area contributed by atoms with Gasteiger partial charge >= 0.3 is 0 Å². The zero-order valence-electron chi connectivity index (χ0n) is 11.8. The van der Waals surface area contributed by atoms with Crippen molar-refractivity contribution in [3.63, 3.8) is 0 Å². The van der Waals surface area contributed by atoms with Crippen LogP contribution >= 0.6 is 0 Å². The van der Waals surface area contributed by atoms with Gasteiger partial charge in [0, 0.05) is 6.61 Å². The van der Waals surface area contributed by atoms with Crippen LogP contribution in [0.25, 0.3) is 0 Å². The minimum absolute atomic E-state index is 0.208. The van der Waals surface area contributed by atoms with Crippen LogP contribution in [0.5, 0.6) is 5.75 Å². The van der Waals surface area contributed by atoms with Crippen LogP contribution in [0.15, 0.2) is 12.1 Å². The summed E-state index contributed by atoms with van der Waals surface area (Å²) in [6.45, 7) is 6.67. The van der Waals surface area contributed by atoms with Crippen LogP contribution in [0, 0.1) is 12.7 Å². The fourth-order valence-corrected chi connectivity index (χ4v) is 1.61. The molecule has 1 rings (SSSR count). The van der Waals surface area contributed by atoms with E-state index in [2.05, 4.69) is 6.92 Å². The molecule has 0 fully saturated rings. The largest absolute Gasteiger partial charge is 0.490 e. The van der Waals surface area contributed by atoms with E-state index in [9.17, 15) is 9.18 Å². The van der Waals surface area contributed by atoms with Gasteiger partial charge in [0.15, 0.2) is 5.78 Å². The van der Waals surface area contributed by atoms with E-state index in [1.54, 1.807) is 13.0 Å². The molecule has 0 heterocycles. The van der Waals surface area contributed by atoms with Crippen molar-refractivity contribution in [2.24, 2.45) is 0 Å². The number of Topliss-reactive ketones (excluding diaryl/α,β-unsaturated/α-hetero) is 1. The zero-order valence-corrected chi connectivity index (χ0v) is 11.8. The van der Waals surface area contributed by atoms with E-state index in [1.165, 1.54) is 13.0 Å². The predicted molar refractivity (Wildman–Crippen MR) is 72.4 cm³/mol. The smallest absolute Gasteiger partial charge is 0.163 e. The third-order valence-electron chi connectivity index (χ3n) is 2.77. The van der Waals surface area contributed by atoms with Gasteiger partial charge in [-0.05, 0) is 38.0 Å². The Labute approximate surface area is 113 Å². The summed E-state index contributed by atoms with van der Waals surface area (Å²) in [4.78, 5) is 11.4. The van der Waals surface area contributed by atoms with Crippen molar-refractivity contribution >= 4 is 5.78 Å². The van der Waals surface area contributed by atoms with Gasteiger partial charge in [0.25, 0.3) is 0 Å². The van der Waals surface area contributed by atoms with E-state index >= 15 is 0 Å². The molecule has 1 aromatic rings. The normalized spacial score (nSPS) is 10.5. The number of hydrogen-bond donors (Lipinski definition) is 0. The van der Waals surface area contributed by atoms with Gasteiger partial charge in [-0.2, -0.15) is 0 Å². The number of unbranched alkanes of at least 4 members (excludes halogenated alkanes) is 1. The molecular formula is C15H21FO3. The van der Waals surface area contributed by atoms with Gasteiger partial charge in [0.05, 0.1) is 12.2 Å². The summed E-state index contributed by atoms with van der Waals surface area (Å²) in [5, 5.41) is 0. The maximum absolute atomic E-state index is 13.4. The van der Waals surface area contributed by atoms with Crippen LogP contribution in [-0.2, 0) is 4.74 Å². The maximum atomic E-state index is 13.4. The van der Waals surface area contributed by atoms with E-state index in [4.69, 9.17) is 9.47 Å². The first-order valence-corrected chi connectivity index (χ1v) is 6.58. The number of carbonyl (C=O) groups is 1. The van der Waals surface area contributed by atoms with E-state index in [0.717, 1.165) is 12.8 Å². The first-order valence-electron chi connectivity index (χ1n) is 6.58. The summed E-state index contributed by atoms with van der Waals surface area (Å²) in [5.74, 6) is -0.178. The number of rotatable bonds is 8. The van der Waals surface area contributed by atoms with Crippen LogP contribution in [0.3, 0.4) is 0 Å². The average molecular weight is 268 g/mol. The highest BCUT2D eigenvalue weighted by atomic mass is 19.1. The van der Waals surface area contributed by atoms with Crippen LogP contribution in [0.4, 0.5) is 4.39 Å². The van der Waals surface area contributed by atoms with Crippen LogP contribution in [-0.4, -0.2) is 25.6 Å². The predicted octanol–water partition coefficient (Wildman–Crippen LogP) is 3.53. The second kappa shape index (κ2) is 7.89. The Morgan fingerprint density at radius 2 is 2.00 bits per heavy atom. The number of halogens is 1. The molecule has 0 aliphatic heterocycles. The molecule has 0 unspecified atom stereocenters. The maximum Gasteiger partial charge on any atom is 0.163 e. The Morgan fingerprint density at radius 1 is 1.26 bits per heavy atom. The van der Waals surface area contributed by atoms with Gasteiger partial charge in [-0.25, -0.2) is 4.39 Å². The minimum atomic E-state index is -0.392. The molecule has 0 aliphatic rings. The second-order valence-electron chi connectivity index (χ2n) is 4.47. The van der Waals surface area contributed by atoms with Crippen LogP contribution in [0.1, 0.15) is 42.6 Å².